The van der Waals surface area contributed by atoms with Crippen LogP contribution in [0.3, 0.4) is 0 Å². The van der Waals surface area contributed by atoms with Gasteiger partial charge in [0.1, 0.15) is 5.76 Å². The molecular formula is C19H19BrN4O3S. The number of aryl methyl sites for hydroxylation is 1. The van der Waals surface area contributed by atoms with Crippen molar-refractivity contribution in [2.24, 2.45) is 0 Å². The van der Waals surface area contributed by atoms with E-state index < -0.39 is 0 Å². The van der Waals surface area contributed by atoms with E-state index in [0.29, 0.717) is 24.7 Å². The minimum atomic E-state index is -0.200. The highest BCUT2D eigenvalue weighted by atomic mass is 79.9. The summed E-state index contributed by atoms with van der Waals surface area (Å²) in [6.07, 6.45) is 0.804. The van der Waals surface area contributed by atoms with Crippen molar-refractivity contribution in [3.05, 3.63) is 45.8 Å². The van der Waals surface area contributed by atoms with Crippen molar-refractivity contribution in [3.8, 4) is 0 Å². The molecule has 2 N–H and O–H groups in total. The van der Waals surface area contributed by atoms with E-state index >= 15 is 0 Å². The lowest BCUT2D eigenvalue weighted by molar-refractivity contribution is -0.129. The number of nitrogens with one attached hydrogen (secondary N) is 2. The summed E-state index contributed by atoms with van der Waals surface area (Å²) in [7, 11) is 0. The fourth-order valence-corrected chi connectivity index (χ4v) is 4.52. The SMILES string of the molecule is Cc1cc(NC(=O)CSCC(=O)N2CCc3[nH]c4c(Br)cccc4c3C2)no1. The lowest BCUT2D eigenvalue weighted by Gasteiger charge is -2.27. The predicted octanol–water partition coefficient (Wildman–Crippen LogP) is 3.48. The third kappa shape index (κ3) is 3.95. The molecule has 28 heavy (non-hydrogen) atoms. The van der Waals surface area contributed by atoms with Gasteiger partial charge in [-0.25, -0.2) is 0 Å². The van der Waals surface area contributed by atoms with Crippen LogP contribution in [0.4, 0.5) is 5.82 Å². The van der Waals surface area contributed by atoms with E-state index in [1.807, 2.05) is 17.0 Å². The van der Waals surface area contributed by atoms with Crippen molar-refractivity contribution in [3.63, 3.8) is 0 Å². The lowest BCUT2D eigenvalue weighted by Crippen LogP contribution is -2.37. The van der Waals surface area contributed by atoms with Gasteiger partial charge in [-0.2, -0.15) is 0 Å². The number of carbonyl (C=O) groups is 2. The minimum Gasteiger partial charge on any atom is -0.360 e. The highest BCUT2D eigenvalue weighted by Gasteiger charge is 2.24. The van der Waals surface area contributed by atoms with Gasteiger partial charge >= 0.3 is 0 Å². The fourth-order valence-electron chi connectivity index (χ4n) is 3.34. The van der Waals surface area contributed by atoms with Crippen LogP contribution < -0.4 is 5.32 Å². The summed E-state index contributed by atoms with van der Waals surface area (Å²) < 4.78 is 5.94. The van der Waals surface area contributed by atoms with Crippen LogP contribution in [0.15, 0.2) is 33.3 Å². The van der Waals surface area contributed by atoms with Crippen molar-refractivity contribution >= 4 is 56.2 Å². The topological polar surface area (TPSA) is 91.2 Å². The zero-order chi connectivity index (χ0) is 19.7. The first kappa shape index (κ1) is 19.1. The number of thioether (sulfide) groups is 1. The highest BCUT2D eigenvalue weighted by molar-refractivity contribution is 9.10. The molecule has 4 rings (SSSR count). The number of amides is 2. The lowest BCUT2D eigenvalue weighted by atomic mass is 10.0. The average molecular weight is 463 g/mol. The molecule has 3 heterocycles. The largest absolute Gasteiger partial charge is 0.360 e. The van der Waals surface area contributed by atoms with Gasteiger partial charge in [-0.05, 0) is 28.9 Å². The third-order valence-corrected chi connectivity index (χ3v) is 6.24. The molecule has 1 aliphatic rings. The van der Waals surface area contributed by atoms with Crippen molar-refractivity contribution in [2.45, 2.75) is 19.9 Å². The monoisotopic (exact) mass is 462 g/mol. The van der Waals surface area contributed by atoms with Crippen LogP contribution in [0.2, 0.25) is 0 Å². The summed E-state index contributed by atoms with van der Waals surface area (Å²) >= 11 is 4.88. The normalized spacial score (nSPS) is 13.6. The van der Waals surface area contributed by atoms with Gasteiger partial charge in [-0.15, -0.1) is 11.8 Å². The van der Waals surface area contributed by atoms with Crippen LogP contribution in [-0.4, -0.2) is 44.9 Å². The predicted molar refractivity (Wildman–Crippen MR) is 112 cm³/mol. The molecule has 0 spiro atoms. The zero-order valence-electron chi connectivity index (χ0n) is 15.3. The van der Waals surface area contributed by atoms with Gasteiger partial charge in [0.25, 0.3) is 0 Å². The van der Waals surface area contributed by atoms with Gasteiger partial charge in [-0.1, -0.05) is 17.3 Å². The molecule has 146 valence electrons. The number of hydrogen-bond acceptors (Lipinski definition) is 5. The molecule has 7 nitrogen and oxygen atoms in total. The molecule has 0 atom stereocenters. The van der Waals surface area contributed by atoms with Gasteiger partial charge < -0.3 is 19.7 Å². The second kappa shape index (κ2) is 8.00. The number of carbonyl (C=O) groups excluding carboxylic acids is 2. The summed E-state index contributed by atoms with van der Waals surface area (Å²) in [5.74, 6) is 1.33. The number of para-hydroxylation sites is 1. The molecule has 2 amide bonds. The average Bonchev–Trinajstić information content (AvgIpc) is 3.25. The van der Waals surface area contributed by atoms with Crippen molar-refractivity contribution in [1.82, 2.24) is 15.0 Å². The Balaban J connectivity index is 1.32. The maximum absolute atomic E-state index is 12.6. The molecule has 0 aliphatic carbocycles. The second-order valence-corrected chi connectivity index (χ2v) is 8.51. The van der Waals surface area contributed by atoms with E-state index in [4.69, 9.17) is 4.52 Å². The van der Waals surface area contributed by atoms with E-state index in [-0.39, 0.29) is 23.3 Å². The van der Waals surface area contributed by atoms with Gasteiger partial charge in [0.2, 0.25) is 11.8 Å². The van der Waals surface area contributed by atoms with Crippen LogP contribution in [0.5, 0.6) is 0 Å². The number of anilines is 1. The maximum Gasteiger partial charge on any atom is 0.235 e. The van der Waals surface area contributed by atoms with E-state index in [9.17, 15) is 9.59 Å². The molecule has 3 aromatic rings. The van der Waals surface area contributed by atoms with E-state index in [1.165, 1.54) is 23.0 Å². The van der Waals surface area contributed by atoms with Crippen LogP contribution in [0, 0.1) is 6.92 Å². The Labute approximate surface area is 174 Å². The van der Waals surface area contributed by atoms with Crippen LogP contribution in [0.25, 0.3) is 10.9 Å². The maximum atomic E-state index is 12.6. The molecule has 0 saturated heterocycles. The smallest absolute Gasteiger partial charge is 0.235 e. The molecule has 1 aromatic carbocycles. The number of aromatic nitrogens is 2. The molecular weight excluding hydrogens is 444 g/mol. The van der Waals surface area contributed by atoms with Crippen LogP contribution in [-0.2, 0) is 22.6 Å². The Kier molecular flexibility index (Phi) is 5.45. The Morgan fingerprint density at radius 3 is 3.04 bits per heavy atom. The van der Waals surface area contributed by atoms with Crippen molar-refractivity contribution < 1.29 is 14.1 Å². The van der Waals surface area contributed by atoms with Crippen molar-refractivity contribution in [1.29, 1.82) is 0 Å². The Morgan fingerprint density at radius 2 is 2.25 bits per heavy atom. The number of halogens is 1. The summed E-state index contributed by atoms with van der Waals surface area (Å²) in [6, 6.07) is 7.74. The molecule has 0 bridgehead atoms. The number of hydrogen-bond donors (Lipinski definition) is 2. The highest BCUT2D eigenvalue weighted by Crippen LogP contribution is 2.31. The first-order chi connectivity index (χ1) is 13.5. The molecule has 2 aromatic heterocycles. The second-order valence-electron chi connectivity index (χ2n) is 6.67. The number of benzene rings is 1. The summed E-state index contributed by atoms with van der Waals surface area (Å²) in [5, 5.41) is 7.52. The van der Waals surface area contributed by atoms with Gasteiger partial charge in [0.05, 0.1) is 17.0 Å². The minimum absolute atomic E-state index is 0.0464. The quantitative estimate of drug-likeness (QED) is 0.605. The van der Waals surface area contributed by atoms with Gasteiger partial charge in [0.15, 0.2) is 5.82 Å². The first-order valence-electron chi connectivity index (χ1n) is 8.88. The van der Waals surface area contributed by atoms with Crippen LogP contribution in [0.1, 0.15) is 17.0 Å². The molecule has 9 heteroatoms. The van der Waals surface area contributed by atoms with Gasteiger partial charge in [0, 0.05) is 46.7 Å². The third-order valence-electron chi connectivity index (χ3n) is 4.67. The Hall–Kier alpha value is -2.26. The molecule has 0 fully saturated rings. The van der Waals surface area contributed by atoms with E-state index in [0.717, 1.165) is 21.8 Å². The fraction of sp³-hybridized carbons (Fsp3) is 0.316. The molecule has 0 radical (unpaired) electrons. The standard InChI is InChI=1S/C19H19BrN4O3S/c1-11-7-16(23-27-11)22-17(25)9-28-10-18(26)24-6-5-15-13(8-24)12-3-2-4-14(20)19(12)21-15/h2-4,7,21H,5-6,8-10H2,1H3,(H,22,23,25). The Bertz CT molecular complexity index is 1050. The first-order valence-corrected chi connectivity index (χ1v) is 10.8. The van der Waals surface area contributed by atoms with E-state index in [2.05, 4.69) is 37.5 Å². The number of aromatic amines is 1. The van der Waals surface area contributed by atoms with Crippen LogP contribution >= 0.6 is 27.7 Å². The molecule has 1 aliphatic heterocycles. The summed E-state index contributed by atoms with van der Waals surface area (Å²) in [5.41, 5.74) is 3.46. The number of fused-ring (bicyclic) bond motifs is 3. The van der Waals surface area contributed by atoms with Crippen molar-refractivity contribution in [2.75, 3.05) is 23.4 Å². The number of rotatable bonds is 5. The number of H-pyrrole nitrogens is 1. The zero-order valence-corrected chi connectivity index (χ0v) is 17.7. The molecule has 0 saturated carbocycles. The van der Waals surface area contributed by atoms with Gasteiger partial charge in [-0.3, -0.25) is 9.59 Å². The Morgan fingerprint density at radius 1 is 1.39 bits per heavy atom. The summed E-state index contributed by atoms with van der Waals surface area (Å²) in [6.45, 7) is 3.03. The molecule has 0 unspecified atom stereocenters. The number of nitrogens with zero attached hydrogens (tertiary/aromatic N) is 2. The van der Waals surface area contributed by atoms with E-state index in [1.54, 1.807) is 13.0 Å². The summed E-state index contributed by atoms with van der Waals surface area (Å²) in [4.78, 5) is 29.9.